The van der Waals surface area contributed by atoms with Gasteiger partial charge in [0.05, 0.1) is 12.0 Å². The number of hydrogen-bond acceptors (Lipinski definition) is 3. The molecule has 4 heteroatoms. The summed E-state index contributed by atoms with van der Waals surface area (Å²) in [6.45, 7) is 6.30. The number of ether oxygens (including phenoxy) is 1. The maximum atomic E-state index is 11.7. The molecule has 1 aliphatic rings. The van der Waals surface area contributed by atoms with Gasteiger partial charge >= 0.3 is 5.97 Å². The Morgan fingerprint density at radius 1 is 1.36 bits per heavy atom. The maximum absolute atomic E-state index is 11.7. The topological polar surface area (TPSA) is 38.3 Å². The fourth-order valence-electron chi connectivity index (χ4n) is 1.89. The van der Waals surface area contributed by atoms with Crippen molar-refractivity contribution in [3.05, 3.63) is 0 Å². The van der Waals surface area contributed by atoms with Crippen molar-refractivity contribution in [3.8, 4) is 0 Å². The average molecular weight is 222 g/mol. The van der Waals surface area contributed by atoms with E-state index in [9.17, 15) is 4.79 Å². The molecule has 0 unspecified atom stereocenters. The van der Waals surface area contributed by atoms with Crippen molar-refractivity contribution < 1.29 is 9.53 Å². The van der Waals surface area contributed by atoms with Crippen LogP contribution in [0.4, 0.5) is 0 Å². The van der Waals surface area contributed by atoms with Gasteiger partial charge in [-0.25, -0.2) is 0 Å². The highest BCUT2D eigenvalue weighted by molar-refractivity contribution is 5.85. The van der Waals surface area contributed by atoms with Gasteiger partial charge in [-0.15, -0.1) is 12.4 Å². The van der Waals surface area contributed by atoms with Crippen molar-refractivity contribution in [2.45, 2.75) is 33.1 Å². The van der Waals surface area contributed by atoms with Crippen LogP contribution < -0.4 is 5.32 Å². The molecule has 0 aromatic heterocycles. The van der Waals surface area contributed by atoms with Crippen molar-refractivity contribution in [2.75, 3.05) is 19.7 Å². The molecule has 0 bridgehead atoms. The van der Waals surface area contributed by atoms with E-state index in [1.54, 1.807) is 0 Å². The second kappa shape index (κ2) is 6.25. The van der Waals surface area contributed by atoms with Crippen molar-refractivity contribution in [2.24, 2.45) is 5.41 Å². The van der Waals surface area contributed by atoms with Crippen molar-refractivity contribution >= 4 is 18.4 Å². The van der Waals surface area contributed by atoms with Crippen LogP contribution in [0.3, 0.4) is 0 Å². The summed E-state index contributed by atoms with van der Waals surface area (Å²) in [7, 11) is 0. The minimum atomic E-state index is -0.193. The number of halogens is 1. The average Bonchev–Trinajstić information content (AvgIpc) is 2.19. The van der Waals surface area contributed by atoms with E-state index in [0.29, 0.717) is 6.61 Å². The van der Waals surface area contributed by atoms with Gasteiger partial charge in [-0.1, -0.05) is 6.92 Å². The van der Waals surface area contributed by atoms with E-state index >= 15 is 0 Å². The van der Waals surface area contributed by atoms with Crippen LogP contribution in [0.25, 0.3) is 0 Å². The van der Waals surface area contributed by atoms with Crippen LogP contribution >= 0.6 is 12.4 Å². The minimum absolute atomic E-state index is 0. The summed E-state index contributed by atoms with van der Waals surface area (Å²) >= 11 is 0. The zero-order chi connectivity index (χ0) is 9.73. The first-order valence-corrected chi connectivity index (χ1v) is 5.13. The summed E-state index contributed by atoms with van der Waals surface area (Å²) in [6.07, 6.45) is 2.73. The summed E-state index contributed by atoms with van der Waals surface area (Å²) in [5.41, 5.74) is -0.193. The standard InChI is InChI=1S/C10H19NO2.ClH/c1-3-10(9(12)13-4-2)5-7-11-8-6-10;/h11H,3-8H2,1-2H3;1H. The van der Waals surface area contributed by atoms with Gasteiger partial charge in [0.25, 0.3) is 0 Å². The van der Waals surface area contributed by atoms with Gasteiger partial charge in [0.1, 0.15) is 0 Å². The first-order chi connectivity index (χ1) is 6.25. The Kier molecular flexibility index (Phi) is 6.12. The predicted molar refractivity (Wildman–Crippen MR) is 58.7 cm³/mol. The van der Waals surface area contributed by atoms with Crippen LogP contribution in [0, 0.1) is 5.41 Å². The molecular weight excluding hydrogens is 202 g/mol. The fraction of sp³-hybridized carbons (Fsp3) is 0.900. The van der Waals surface area contributed by atoms with Gasteiger partial charge in [0.2, 0.25) is 0 Å². The highest BCUT2D eigenvalue weighted by atomic mass is 35.5. The number of nitrogens with one attached hydrogen (secondary N) is 1. The van der Waals surface area contributed by atoms with Gasteiger partial charge in [0, 0.05) is 0 Å². The number of carbonyl (C=O) groups excluding carboxylic acids is 1. The molecule has 1 rings (SSSR count). The lowest BCUT2D eigenvalue weighted by molar-refractivity contribution is -0.157. The minimum Gasteiger partial charge on any atom is -0.466 e. The Labute approximate surface area is 92.0 Å². The van der Waals surface area contributed by atoms with Crippen LogP contribution in [-0.4, -0.2) is 25.7 Å². The van der Waals surface area contributed by atoms with Gasteiger partial charge in [-0.05, 0) is 39.3 Å². The zero-order valence-corrected chi connectivity index (χ0v) is 9.78. The van der Waals surface area contributed by atoms with Crippen LogP contribution in [0.2, 0.25) is 0 Å². The third kappa shape index (κ3) is 2.85. The molecule has 0 radical (unpaired) electrons. The molecule has 0 aromatic rings. The second-order valence-electron chi connectivity index (χ2n) is 3.60. The monoisotopic (exact) mass is 221 g/mol. The van der Waals surface area contributed by atoms with E-state index in [4.69, 9.17) is 4.74 Å². The highest BCUT2D eigenvalue weighted by Crippen LogP contribution is 2.33. The van der Waals surface area contributed by atoms with E-state index in [1.807, 2.05) is 6.92 Å². The molecule has 0 aliphatic carbocycles. The SMILES string of the molecule is CCOC(=O)C1(CC)CCNCC1.Cl. The van der Waals surface area contributed by atoms with Crippen LogP contribution in [0.5, 0.6) is 0 Å². The summed E-state index contributed by atoms with van der Waals surface area (Å²) in [6, 6.07) is 0. The fourth-order valence-corrected chi connectivity index (χ4v) is 1.89. The summed E-state index contributed by atoms with van der Waals surface area (Å²) < 4.78 is 5.11. The van der Waals surface area contributed by atoms with E-state index in [0.717, 1.165) is 32.4 Å². The van der Waals surface area contributed by atoms with E-state index in [-0.39, 0.29) is 23.8 Å². The van der Waals surface area contributed by atoms with Crippen LogP contribution in [0.15, 0.2) is 0 Å². The van der Waals surface area contributed by atoms with Gasteiger partial charge in [-0.2, -0.15) is 0 Å². The zero-order valence-electron chi connectivity index (χ0n) is 8.97. The molecule has 1 heterocycles. The molecular formula is C10H20ClNO2. The number of carbonyl (C=O) groups is 1. The third-order valence-corrected chi connectivity index (χ3v) is 2.95. The molecule has 3 nitrogen and oxygen atoms in total. The Morgan fingerprint density at radius 2 is 1.93 bits per heavy atom. The quantitative estimate of drug-likeness (QED) is 0.738. The smallest absolute Gasteiger partial charge is 0.312 e. The lowest BCUT2D eigenvalue weighted by atomic mass is 9.77. The summed E-state index contributed by atoms with van der Waals surface area (Å²) in [4.78, 5) is 11.7. The van der Waals surface area contributed by atoms with Crippen molar-refractivity contribution in [1.29, 1.82) is 0 Å². The molecule has 1 fully saturated rings. The Morgan fingerprint density at radius 3 is 2.36 bits per heavy atom. The van der Waals surface area contributed by atoms with Crippen LogP contribution in [-0.2, 0) is 9.53 Å². The summed E-state index contributed by atoms with van der Waals surface area (Å²) in [5, 5.41) is 3.26. The second-order valence-corrected chi connectivity index (χ2v) is 3.60. The third-order valence-electron chi connectivity index (χ3n) is 2.95. The number of hydrogen-bond donors (Lipinski definition) is 1. The molecule has 14 heavy (non-hydrogen) atoms. The lowest BCUT2D eigenvalue weighted by Gasteiger charge is -2.34. The number of piperidine rings is 1. The first-order valence-electron chi connectivity index (χ1n) is 5.13. The van der Waals surface area contributed by atoms with Gasteiger partial charge in [0.15, 0.2) is 0 Å². The van der Waals surface area contributed by atoms with E-state index < -0.39 is 0 Å². The van der Waals surface area contributed by atoms with E-state index in [2.05, 4.69) is 12.2 Å². The van der Waals surface area contributed by atoms with E-state index in [1.165, 1.54) is 0 Å². The molecule has 0 saturated carbocycles. The van der Waals surface area contributed by atoms with Gasteiger partial charge in [-0.3, -0.25) is 4.79 Å². The normalized spacial score (nSPS) is 19.6. The van der Waals surface area contributed by atoms with Crippen molar-refractivity contribution in [3.63, 3.8) is 0 Å². The highest BCUT2D eigenvalue weighted by Gasteiger charge is 2.38. The molecule has 84 valence electrons. The number of esters is 1. The van der Waals surface area contributed by atoms with Crippen molar-refractivity contribution in [1.82, 2.24) is 5.32 Å². The molecule has 0 spiro atoms. The first kappa shape index (κ1) is 13.7. The molecule has 0 amide bonds. The maximum Gasteiger partial charge on any atom is 0.312 e. The molecule has 1 N–H and O–H groups in total. The molecule has 0 atom stereocenters. The molecule has 1 saturated heterocycles. The summed E-state index contributed by atoms with van der Waals surface area (Å²) in [5.74, 6) is -0.000926. The molecule has 1 aliphatic heterocycles. The van der Waals surface area contributed by atoms with Gasteiger partial charge < -0.3 is 10.1 Å². The largest absolute Gasteiger partial charge is 0.466 e. The lowest BCUT2D eigenvalue weighted by Crippen LogP contribution is -2.42. The Hall–Kier alpha value is -0.280. The predicted octanol–water partition coefficient (Wildman–Crippen LogP) is 1.75. The molecule has 0 aromatic carbocycles. The number of rotatable bonds is 3. The van der Waals surface area contributed by atoms with Crippen LogP contribution in [0.1, 0.15) is 33.1 Å². The Balaban J connectivity index is 0.00000169. The Bertz CT molecular complexity index is 179.